The van der Waals surface area contributed by atoms with Gasteiger partial charge in [-0.2, -0.15) is 0 Å². The van der Waals surface area contributed by atoms with Gasteiger partial charge in [-0.15, -0.1) is 0 Å². The molecule has 0 atom stereocenters. The second kappa shape index (κ2) is 4.28. The van der Waals surface area contributed by atoms with Crippen LogP contribution in [0.3, 0.4) is 0 Å². The van der Waals surface area contributed by atoms with E-state index in [1.165, 1.54) is 0 Å². The molecule has 0 aliphatic heterocycles. The van der Waals surface area contributed by atoms with Crippen LogP contribution in [0.2, 0.25) is 0 Å². The van der Waals surface area contributed by atoms with Crippen LogP contribution in [0.4, 0.5) is 11.4 Å². The van der Waals surface area contributed by atoms with Gasteiger partial charge in [0.05, 0.1) is 5.69 Å². The Hall–Kier alpha value is -1.03. The van der Waals surface area contributed by atoms with Crippen molar-refractivity contribution in [3.63, 3.8) is 0 Å². The van der Waals surface area contributed by atoms with Crippen LogP contribution in [-0.4, -0.2) is 5.91 Å². The van der Waals surface area contributed by atoms with E-state index in [1.807, 2.05) is 0 Å². The van der Waals surface area contributed by atoms with Gasteiger partial charge in [0.25, 0.3) is 0 Å². The van der Waals surface area contributed by atoms with Gasteiger partial charge < -0.3 is 11.1 Å². The number of carbonyl (C=O) groups is 1. The molecule has 0 spiro atoms. The highest BCUT2D eigenvalue weighted by Crippen LogP contribution is 2.24. The van der Waals surface area contributed by atoms with Crippen molar-refractivity contribution >= 4 is 33.2 Å². The zero-order valence-electron chi connectivity index (χ0n) is 7.30. The second-order valence-corrected chi connectivity index (χ2v) is 3.50. The van der Waals surface area contributed by atoms with Crippen LogP contribution in [0.5, 0.6) is 0 Å². The van der Waals surface area contributed by atoms with Gasteiger partial charge >= 0.3 is 0 Å². The summed E-state index contributed by atoms with van der Waals surface area (Å²) >= 11 is 3.31. The number of rotatable bonds is 2. The molecular formula is C9H11BrN2O. The van der Waals surface area contributed by atoms with Crippen LogP contribution in [-0.2, 0) is 4.79 Å². The van der Waals surface area contributed by atoms with Gasteiger partial charge in [0.1, 0.15) is 0 Å². The summed E-state index contributed by atoms with van der Waals surface area (Å²) in [5.74, 6) is -0.00882. The highest BCUT2D eigenvalue weighted by Gasteiger charge is 2.02. The predicted molar refractivity (Wildman–Crippen MR) is 57.5 cm³/mol. The van der Waals surface area contributed by atoms with Crippen molar-refractivity contribution in [2.75, 3.05) is 11.1 Å². The van der Waals surface area contributed by atoms with Crippen molar-refractivity contribution in [3.8, 4) is 0 Å². The van der Waals surface area contributed by atoms with Crippen molar-refractivity contribution in [1.29, 1.82) is 0 Å². The summed E-state index contributed by atoms with van der Waals surface area (Å²) in [5.41, 5.74) is 6.97. The fourth-order valence-electron chi connectivity index (χ4n) is 0.871. The molecule has 1 aromatic carbocycles. The third-order valence-corrected chi connectivity index (χ3v) is 2.24. The Balaban J connectivity index is 2.83. The van der Waals surface area contributed by atoms with Crippen molar-refractivity contribution < 1.29 is 4.79 Å². The van der Waals surface area contributed by atoms with Gasteiger partial charge in [-0.1, -0.05) is 6.92 Å². The maximum Gasteiger partial charge on any atom is 0.224 e. The van der Waals surface area contributed by atoms with Crippen LogP contribution in [0.15, 0.2) is 22.7 Å². The van der Waals surface area contributed by atoms with E-state index in [4.69, 9.17) is 5.73 Å². The van der Waals surface area contributed by atoms with Gasteiger partial charge in [0.15, 0.2) is 0 Å². The normalized spacial score (nSPS) is 9.69. The molecular weight excluding hydrogens is 232 g/mol. The minimum Gasteiger partial charge on any atom is -0.399 e. The van der Waals surface area contributed by atoms with E-state index in [2.05, 4.69) is 21.2 Å². The van der Waals surface area contributed by atoms with E-state index in [0.717, 1.165) is 10.2 Å². The Morgan fingerprint density at radius 1 is 1.62 bits per heavy atom. The lowest BCUT2D eigenvalue weighted by atomic mass is 10.3. The summed E-state index contributed by atoms with van der Waals surface area (Å²) in [6, 6.07) is 5.27. The van der Waals surface area contributed by atoms with Crippen molar-refractivity contribution in [3.05, 3.63) is 22.7 Å². The van der Waals surface area contributed by atoms with Gasteiger partial charge in [-0.05, 0) is 34.1 Å². The number of amides is 1. The number of hydrogen-bond acceptors (Lipinski definition) is 2. The van der Waals surface area contributed by atoms with E-state index in [0.29, 0.717) is 12.1 Å². The van der Waals surface area contributed by atoms with Crippen molar-refractivity contribution in [2.24, 2.45) is 0 Å². The highest BCUT2D eigenvalue weighted by atomic mass is 79.9. The molecule has 3 N–H and O–H groups in total. The Bertz CT molecular complexity index is 325. The SMILES string of the molecule is CCC(=O)Nc1ccc(N)cc1Br. The maximum atomic E-state index is 11.1. The average molecular weight is 243 g/mol. The van der Waals surface area contributed by atoms with Crippen LogP contribution in [0, 0.1) is 0 Å². The van der Waals surface area contributed by atoms with E-state index < -0.39 is 0 Å². The molecule has 13 heavy (non-hydrogen) atoms. The van der Waals surface area contributed by atoms with Crippen LogP contribution in [0.25, 0.3) is 0 Å². The number of nitrogens with one attached hydrogen (secondary N) is 1. The van der Waals surface area contributed by atoms with Gasteiger partial charge in [0.2, 0.25) is 5.91 Å². The zero-order valence-corrected chi connectivity index (χ0v) is 8.89. The number of nitrogen functional groups attached to an aromatic ring is 1. The molecule has 1 amide bonds. The fourth-order valence-corrected chi connectivity index (χ4v) is 1.37. The van der Waals surface area contributed by atoms with E-state index in [-0.39, 0.29) is 5.91 Å². The summed E-state index contributed by atoms with van der Waals surface area (Å²) in [6.07, 6.45) is 0.469. The Morgan fingerprint density at radius 2 is 2.31 bits per heavy atom. The molecule has 4 heteroatoms. The number of anilines is 2. The smallest absolute Gasteiger partial charge is 0.224 e. The van der Waals surface area contributed by atoms with Crippen molar-refractivity contribution in [2.45, 2.75) is 13.3 Å². The van der Waals surface area contributed by atoms with Gasteiger partial charge in [-0.25, -0.2) is 0 Å². The third-order valence-electron chi connectivity index (χ3n) is 1.59. The molecule has 3 nitrogen and oxygen atoms in total. The molecule has 0 unspecified atom stereocenters. The van der Waals surface area contributed by atoms with Crippen molar-refractivity contribution in [1.82, 2.24) is 0 Å². The van der Waals surface area contributed by atoms with Crippen LogP contribution >= 0.6 is 15.9 Å². The number of halogens is 1. The number of benzene rings is 1. The summed E-state index contributed by atoms with van der Waals surface area (Å²) in [4.78, 5) is 11.1. The number of carbonyl (C=O) groups excluding carboxylic acids is 1. The lowest BCUT2D eigenvalue weighted by molar-refractivity contribution is -0.115. The zero-order chi connectivity index (χ0) is 9.84. The molecule has 0 fully saturated rings. The monoisotopic (exact) mass is 242 g/mol. The molecule has 1 aromatic rings. The summed E-state index contributed by atoms with van der Waals surface area (Å²) < 4.78 is 0.800. The highest BCUT2D eigenvalue weighted by molar-refractivity contribution is 9.10. The fraction of sp³-hybridized carbons (Fsp3) is 0.222. The molecule has 0 bridgehead atoms. The first-order valence-electron chi connectivity index (χ1n) is 3.98. The molecule has 0 saturated heterocycles. The number of nitrogens with two attached hydrogens (primary N) is 1. The quantitative estimate of drug-likeness (QED) is 0.783. The first-order chi connectivity index (χ1) is 6.13. The van der Waals surface area contributed by atoms with Gasteiger partial charge in [-0.3, -0.25) is 4.79 Å². The third kappa shape index (κ3) is 2.73. The minimum atomic E-state index is -0.00882. The molecule has 0 heterocycles. The minimum absolute atomic E-state index is 0.00882. The van der Waals surface area contributed by atoms with Crippen LogP contribution in [0.1, 0.15) is 13.3 Å². The second-order valence-electron chi connectivity index (χ2n) is 2.64. The Kier molecular flexibility index (Phi) is 3.31. The molecule has 1 rings (SSSR count). The first kappa shape index (κ1) is 10.1. The van der Waals surface area contributed by atoms with Gasteiger partial charge in [0, 0.05) is 16.6 Å². The summed E-state index contributed by atoms with van der Waals surface area (Å²) in [7, 11) is 0. The molecule has 70 valence electrons. The molecule has 0 saturated carbocycles. The summed E-state index contributed by atoms with van der Waals surface area (Å²) in [5, 5.41) is 2.75. The average Bonchev–Trinajstić information content (AvgIpc) is 2.09. The molecule has 0 radical (unpaired) electrons. The van der Waals surface area contributed by atoms with E-state index >= 15 is 0 Å². The number of hydrogen-bond donors (Lipinski definition) is 2. The van der Waals surface area contributed by atoms with Crippen LogP contribution < -0.4 is 11.1 Å². The summed E-state index contributed by atoms with van der Waals surface area (Å²) in [6.45, 7) is 1.81. The largest absolute Gasteiger partial charge is 0.399 e. The molecule has 0 aliphatic carbocycles. The van der Waals surface area contributed by atoms with E-state index in [9.17, 15) is 4.79 Å². The topological polar surface area (TPSA) is 55.1 Å². The maximum absolute atomic E-state index is 11.1. The Morgan fingerprint density at radius 3 is 2.85 bits per heavy atom. The molecule has 0 aliphatic rings. The molecule has 0 aromatic heterocycles. The standard InChI is InChI=1S/C9H11BrN2O/c1-2-9(13)12-8-4-3-6(11)5-7(8)10/h3-5H,2,11H2,1H3,(H,12,13). The van der Waals surface area contributed by atoms with E-state index in [1.54, 1.807) is 25.1 Å². The lowest BCUT2D eigenvalue weighted by Gasteiger charge is -2.06. The predicted octanol–water partition coefficient (Wildman–Crippen LogP) is 2.38. The lowest BCUT2D eigenvalue weighted by Crippen LogP contribution is -2.09. The first-order valence-corrected chi connectivity index (χ1v) is 4.77. The Labute approximate surface area is 85.4 Å².